The van der Waals surface area contributed by atoms with Gasteiger partial charge in [0.25, 0.3) is 0 Å². The van der Waals surface area contributed by atoms with Gasteiger partial charge in [-0.05, 0) is 121 Å². The molecule has 1 unspecified atom stereocenters. The van der Waals surface area contributed by atoms with Crippen LogP contribution in [0.3, 0.4) is 0 Å². The van der Waals surface area contributed by atoms with E-state index < -0.39 is 5.60 Å². The third-order valence-electron chi connectivity index (χ3n) is 10.5. The molecule has 0 bridgehead atoms. The molecule has 1 aromatic heterocycles. The van der Waals surface area contributed by atoms with Gasteiger partial charge in [-0.3, -0.25) is 0 Å². The van der Waals surface area contributed by atoms with Crippen LogP contribution in [0.5, 0.6) is 0 Å². The summed E-state index contributed by atoms with van der Waals surface area (Å²) in [6.07, 6.45) is 31.8. The van der Waals surface area contributed by atoms with Gasteiger partial charge in [-0.15, -0.1) is 0 Å². The quantitative estimate of drug-likeness (QED) is 0.106. The molecule has 0 radical (unpaired) electrons. The fourth-order valence-corrected chi connectivity index (χ4v) is 8.55. The molecule has 0 saturated heterocycles. The van der Waals surface area contributed by atoms with Gasteiger partial charge in [0.2, 0.25) is 5.69 Å². The third kappa shape index (κ3) is 15.5. The minimum absolute atomic E-state index is 0.0856. The van der Waals surface area contributed by atoms with E-state index in [4.69, 9.17) is 4.74 Å². The Hall–Kier alpha value is -3.61. The number of ether oxygens (including phenoxy) is 1. The number of carbonyl (C=O) groups is 1. The van der Waals surface area contributed by atoms with Crippen LogP contribution < -0.4 is 9.88 Å². The predicted octanol–water partition coefficient (Wildman–Crippen LogP) is 12.2. The summed E-state index contributed by atoms with van der Waals surface area (Å²) >= 11 is 1.92. The van der Waals surface area contributed by atoms with Crippen LogP contribution in [-0.2, 0) is 11.3 Å². The molecule has 2 aliphatic rings. The van der Waals surface area contributed by atoms with Crippen molar-refractivity contribution in [3.8, 4) is 0 Å². The van der Waals surface area contributed by atoms with Gasteiger partial charge >= 0.3 is 6.09 Å². The molecule has 0 spiro atoms. The van der Waals surface area contributed by atoms with Crippen LogP contribution in [-0.4, -0.2) is 41.0 Å². The summed E-state index contributed by atoms with van der Waals surface area (Å²) < 4.78 is 7.46. The Kier molecular flexibility index (Phi) is 17.5. The van der Waals surface area contributed by atoms with E-state index in [1.807, 2.05) is 32.5 Å². The highest BCUT2D eigenvalue weighted by atomic mass is 32.2. The van der Waals surface area contributed by atoms with Crippen LogP contribution in [0.4, 0.5) is 4.79 Å². The number of allylic oxidation sites excluding steroid dienone is 15. The second kappa shape index (κ2) is 21.1. The number of pyridine rings is 1. The van der Waals surface area contributed by atoms with E-state index in [1.54, 1.807) is 0 Å². The molecule has 2 N–H and O–H groups in total. The molecular weight excluding hydrogens is 697 g/mol. The number of rotatable bonds is 15. The number of hydrogen-bond acceptors (Lipinski definition) is 4. The van der Waals surface area contributed by atoms with Crippen molar-refractivity contribution >= 4 is 30.0 Å². The number of aliphatic hydroxyl groups is 1. The summed E-state index contributed by atoms with van der Waals surface area (Å²) in [6, 6.07) is 4.27. The lowest BCUT2D eigenvalue weighted by Crippen LogP contribution is -2.38. The number of hydrogen-bond donors (Lipinski definition) is 2. The number of alkyl carbamates (subject to hydrolysis) is 1. The number of aliphatic hydroxyl groups excluding tert-OH is 1. The first-order valence-electron chi connectivity index (χ1n) is 20.2. The maximum Gasteiger partial charge on any atom is 0.407 e. The Morgan fingerprint density at radius 2 is 1.60 bits per heavy atom. The van der Waals surface area contributed by atoms with Crippen LogP contribution in [0.1, 0.15) is 126 Å². The van der Waals surface area contributed by atoms with Gasteiger partial charge in [-0.2, -0.15) is 16.3 Å². The zero-order valence-corrected chi connectivity index (χ0v) is 37.0. The van der Waals surface area contributed by atoms with Crippen molar-refractivity contribution in [2.45, 2.75) is 133 Å². The standard InChI is InChI=1S/C49H70N2O3S/c1-36(21-23-43-39(4)19-15-27-48(43,9)10)16-13-18-38(3)34-42-35-41(26-30-51(42)31-32-52)20-14-17-37(2)22-24-44-40(5)45(25-28-49(44,11)12)55-33-29-50-46(53)54-47(6,7)8/h13-14,16-18,20-24,26,30,34-35,45,52H,15,19,25,27-29,31-33H2,1-12H3/p+1. The fourth-order valence-electron chi connectivity index (χ4n) is 7.38. The average molecular weight is 768 g/mol. The van der Waals surface area contributed by atoms with Gasteiger partial charge in [-0.1, -0.05) is 111 Å². The molecule has 1 atom stereocenters. The first kappa shape index (κ1) is 45.8. The second-order valence-corrected chi connectivity index (χ2v) is 18.9. The highest BCUT2D eigenvalue weighted by Crippen LogP contribution is 2.44. The van der Waals surface area contributed by atoms with Gasteiger partial charge in [-0.25, -0.2) is 4.79 Å². The van der Waals surface area contributed by atoms with Gasteiger partial charge in [0, 0.05) is 35.8 Å². The molecule has 0 fully saturated rings. The number of aromatic nitrogens is 1. The number of thioether (sulfide) groups is 1. The summed E-state index contributed by atoms with van der Waals surface area (Å²) in [4.78, 5) is 12.0. The molecule has 1 amide bonds. The number of amides is 1. The van der Waals surface area contributed by atoms with Gasteiger partial charge in [0.1, 0.15) is 12.2 Å². The lowest BCUT2D eigenvalue weighted by molar-refractivity contribution is -0.699. The molecule has 300 valence electrons. The van der Waals surface area contributed by atoms with E-state index in [-0.39, 0.29) is 23.5 Å². The summed E-state index contributed by atoms with van der Waals surface area (Å²) in [6.45, 7) is 27.2. The SMILES string of the molecule is CC(C=CC1=C(C)CCCC1(C)C)=CC=CC(C)=Cc1cc(C=CC=C(C)C=CC2=C(C)C(SCCNC(=O)OC(C)(C)C)CCC2(C)C)cc[n+]1CCO. The van der Waals surface area contributed by atoms with Crippen molar-refractivity contribution in [2.75, 3.05) is 18.9 Å². The minimum Gasteiger partial charge on any atom is -0.444 e. The highest BCUT2D eigenvalue weighted by Gasteiger charge is 2.32. The first-order valence-corrected chi connectivity index (χ1v) is 21.2. The Labute approximate surface area is 338 Å². The number of carbonyl (C=O) groups excluding carboxylic acids is 1. The van der Waals surface area contributed by atoms with Gasteiger partial charge in [0.15, 0.2) is 12.7 Å². The molecule has 0 saturated carbocycles. The van der Waals surface area contributed by atoms with Crippen molar-refractivity contribution in [1.82, 2.24) is 5.32 Å². The van der Waals surface area contributed by atoms with Crippen LogP contribution in [0, 0.1) is 10.8 Å². The zero-order valence-electron chi connectivity index (χ0n) is 36.1. The maximum absolute atomic E-state index is 12.0. The smallest absolute Gasteiger partial charge is 0.407 e. The first-order chi connectivity index (χ1) is 25.8. The Morgan fingerprint density at radius 3 is 2.25 bits per heavy atom. The van der Waals surface area contributed by atoms with Crippen molar-refractivity contribution < 1.29 is 19.2 Å². The lowest BCUT2D eigenvalue weighted by atomic mass is 9.72. The average Bonchev–Trinajstić information content (AvgIpc) is 3.07. The molecule has 55 heavy (non-hydrogen) atoms. The summed E-state index contributed by atoms with van der Waals surface area (Å²) in [5.41, 5.74) is 11.4. The van der Waals surface area contributed by atoms with Crippen LogP contribution >= 0.6 is 11.8 Å². The van der Waals surface area contributed by atoms with E-state index in [0.717, 1.165) is 35.4 Å². The summed E-state index contributed by atoms with van der Waals surface area (Å²) in [5, 5.41) is 13.1. The Balaban J connectivity index is 1.68. The van der Waals surface area contributed by atoms with Crippen molar-refractivity contribution in [3.63, 3.8) is 0 Å². The summed E-state index contributed by atoms with van der Waals surface area (Å²) in [7, 11) is 0. The van der Waals surface area contributed by atoms with E-state index in [2.05, 4.69) is 157 Å². The Bertz CT molecular complexity index is 1770. The molecule has 0 aliphatic heterocycles. The third-order valence-corrected chi connectivity index (χ3v) is 11.9. The van der Waals surface area contributed by atoms with Gasteiger partial charge < -0.3 is 15.2 Å². The molecule has 1 aromatic rings. The Morgan fingerprint density at radius 1 is 0.945 bits per heavy atom. The van der Waals surface area contributed by atoms with Crippen LogP contribution in [0.15, 0.2) is 112 Å². The molecule has 0 aromatic carbocycles. The van der Waals surface area contributed by atoms with E-state index in [9.17, 15) is 9.90 Å². The lowest BCUT2D eigenvalue weighted by Gasteiger charge is -2.37. The maximum atomic E-state index is 12.0. The van der Waals surface area contributed by atoms with Crippen LogP contribution in [0.25, 0.3) is 12.2 Å². The molecule has 2 aliphatic carbocycles. The predicted molar refractivity (Wildman–Crippen MR) is 238 cm³/mol. The topological polar surface area (TPSA) is 62.4 Å². The molecule has 1 heterocycles. The molecule has 6 heteroatoms. The molecule has 5 nitrogen and oxygen atoms in total. The minimum atomic E-state index is -0.488. The normalized spacial score (nSPS) is 20.2. The van der Waals surface area contributed by atoms with E-state index in [0.29, 0.717) is 18.3 Å². The van der Waals surface area contributed by atoms with Gasteiger partial charge in [0.05, 0.1) is 0 Å². The zero-order chi connectivity index (χ0) is 40.8. The fraction of sp³-hybridized carbons (Fsp3) is 0.510. The number of nitrogens with zero attached hydrogens (tertiary/aromatic N) is 1. The largest absolute Gasteiger partial charge is 0.444 e. The highest BCUT2D eigenvalue weighted by molar-refractivity contribution is 8.00. The van der Waals surface area contributed by atoms with E-state index in [1.165, 1.54) is 52.7 Å². The van der Waals surface area contributed by atoms with E-state index >= 15 is 0 Å². The molecular formula is C49H71N2O3S+. The van der Waals surface area contributed by atoms with Crippen molar-refractivity contribution in [1.29, 1.82) is 0 Å². The summed E-state index contributed by atoms with van der Waals surface area (Å²) in [5.74, 6) is 0.849. The monoisotopic (exact) mass is 768 g/mol. The van der Waals surface area contributed by atoms with Crippen molar-refractivity contribution in [3.05, 3.63) is 123 Å². The second-order valence-electron chi connectivity index (χ2n) is 17.6. The van der Waals surface area contributed by atoms with Crippen molar-refractivity contribution in [2.24, 2.45) is 10.8 Å². The van der Waals surface area contributed by atoms with Crippen LogP contribution in [0.2, 0.25) is 0 Å². The molecule has 3 rings (SSSR count). The number of nitrogens with one attached hydrogen (secondary N) is 1.